The van der Waals surface area contributed by atoms with Gasteiger partial charge in [0.1, 0.15) is 5.82 Å². The van der Waals surface area contributed by atoms with Crippen molar-refractivity contribution in [2.24, 2.45) is 5.73 Å². The first kappa shape index (κ1) is 15.1. The number of aromatic nitrogens is 2. The molecule has 2 aliphatic heterocycles. The van der Waals surface area contributed by atoms with Gasteiger partial charge in [-0.25, -0.2) is 9.18 Å². The Morgan fingerprint density at radius 3 is 2.84 bits per heavy atom. The van der Waals surface area contributed by atoms with Crippen LogP contribution in [0.5, 0.6) is 0 Å². The van der Waals surface area contributed by atoms with Crippen LogP contribution in [0.3, 0.4) is 0 Å². The molecule has 3 heterocycles. The summed E-state index contributed by atoms with van der Waals surface area (Å²) < 4.78 is 22.4. The lowest BCUT2D eigenvalue weighted by Gasteiger charge is -2.27. The van der Waals surface area contributed by atoms with E-state index in [0.29, 0.717) is 29.9 Å². The van der Waals surface area contributed by atoms with Crippen molar-refractivity contribution in [3.05, 3.63) is 38.3 Å². The average Bonchev–Trinajstić information content (AvgIpc) is 3.36. The number of fused-ring (bicyclic) bond motifs is 5. The van der Waals surface area contributed by atoms with E-state index in [1.807, 2.05) is 4.90 Å². The van der Waals surface area contributed by atoms with Crippen LogP contribution in [-0.2, 0) is 11.3 Å². The van der Waals surface area contributed by atoms with E-state index in [1.165, 1.54) is 6.07 Å². The Bertz CT molecular complexity index is 994. The zero-order valence-electron chi connectivity index (χ0n) is 13.6. The van der Waals surface area contributed by atoms with Gasteiger partial charge in [-0.3, -0.25) is 14.3 Å². The second-order valence-corrected chi connectivity index (χ2v) is 7.17. The van der Waals surface area contributed by atoms with Crippen LogP contribution in [0.15, 0.2) is 15.7 Å². The van der Waals surface area contributed by atoms with Crippen molar-refractivity contribution in [2.45, 2.75) is 44.0 Å². The number of aromatic amines is 1. The number of ether oxygens (including phenoxy) is 1. The third-order valence-electron chi connectivity index (χ3n) is 5.58. The molecule has 1 aliphatic carbocycles. The standard InChI is InChI=1S/C17H19FN4O3/c18-11-5-9-14(22(8-1-2-8)17(24)20-16(9)23)10-6-25-7-13-12(19)3-4-21(13)15(10)11/h5,8,12-13H,1-4,6-7,19H2,(H,20,23,24)/t12-,13-/m1/s1. The van der Waals surface area contributed by atoms with Crippen LogP contribution in [0.2, 0.25) is 0 Å². The van der Waals surface area contributed by atoms with E-state index in [0.717, 1.165) is 19.3 Å². The van der Waals surface area contributed by atoms with Gasteiger partial charge in [-0.05, 0) is 25.3 Å². The van der Waals surface area contributed by atoms with Crippen molar-refractivity contribution in [1.82, 2.24) is 9.55 Å². The molecule has 0 bridgehead atoms. The maximum Gasteiger partial charge on any atom is 0.329 e. The molecule has 8 heteroatoms. The summed E-state index contributed by atoms with van der Waals surface area (Å²) in [5.41, 5.74) is 6.69. The lowest BCUT2D eigenvalue weighted by Crippen LogP contribution is -2.42. The number of anilines is 1. The maximum atomic E-state index is 15.0. The monoisotopic (exact) mass is 346 g/mol. The van der Waals surface area contributed by atoms with Gasteiger partial charge in [-0.15, -0.1) is 0 Å². The number of hydrogen-bond donors (Lipinski definition) is 2. The zero-order chi connectivity index (χ0) is 17.3. The number of benzene rings is 1. The number of rotatable bonds is 1. The van der Waals surface area contributed by atoms with Gasteiger partial charge in [0.2, 0.25) is 0 Å². The first-order valence-corrected chi connectivity index (χ1v) is 8.66. The third-order valence-corrected chi connectivity index (χ3v) is 5.58. The molecule has 2 fully saturated rings. The molecule has 7 nitrogen and oxygen atoms in total. The van der Waals surface area contributed by atoms with Crippen molar-refractivity contribution >= 4 is 16.6 Å². The highest BCUT2D eigenvalue weighted by Crippen LogP contribution is 2.41. The number of nitrogens with zero attached hydrogens (tertiary/aromatic N) is 2. The molecular formula is C17H19FN4O3. The van der Waals surface area contributed by atoms with Crippen molar-refractivity contribution in [1.29, 1.82) is 0 Å². The molecule has 0 amide bonds. The SMILES string of the molecule is N[C@@H]1CCN2c3c(F)cc4c(=O)[nH]c(=O)n(C5CC5)c4c3COC[C@H]12. The summed E-state index contributed by atoms with van der Waals surface area (Å²) in [6.07, 6.45) is 2.52. The largest absolute Gasteiger partial charge is 0.374 e. The van der Waals surface area contributed by atoms with E-state index in [2.05, 4.69) is 4.98 Å². The molecule has 2 atom stereocenters. The van der Waals surface area contributed by atoms with E-state index >= 15 is 0 Å². The van der Waals surface area contributed by atoms with Gasteiger partial charge in [0.15, 0.2) is 0 Å². The maximum absolute atomic E-state index is 15.0. The smallest absolute Gasteiger partial charge is 0.329 e. The Balaban J connectivity index is 1.88. The molecule has 132 valence electrons. The molecule has 1 saturated heterocycles. The number of nitrogens with one attached hydrogen (secondary N) is 1. The first-order valence-electron chi connectivity index (χ1n) is 8.66. The van der Waals surface area contributed by atoms with Gasteiger partial charge in [-0.1, -0.05) is 0 Å². The summed E-state index contributed by atoms with van der Waals surface area (Å²) in [6.45, 7) is 1.22. The van der Waals surface area contributed by atoms with Crippen molar-refractivity contribution in [2.75, 3.05) is 18.1 Å². The Labute approximate surface area is 142 Å². The second-order valence-electron chi connectivity index (χ2n) is 7.17. The third kappa shape index (κ3) is 2.10. The summed E-state index contributed by atoms with van der Waals surface area (Å²) in [4.78, 5) is 29.0. The van der Waals surface area contributed by atoms with E-state index in [4.69, 9.17) is 10.5 Å². The normalized spacial score (nSPS) is 25.8. The quantitative estimate of drug-likeness (QED) is 0.789. The highest BCUT2D eigenvalue weighted by atomic mass is 19.1. The van der Waals surface area contributed by atoms with E-state index < -0.39 is 17.1 Å². The fourth-order valence-corrected chi connectivity index (χ4v) is 4.24. The number of halogens is 1. The molecule has 0 unspecified atom stereocenters. The van der Waals surface area contributed by atoms with Gasteiger partial charge in [0.05, 0.1) is 35.8 Å². The number of H-pyrrole nitrogens is 1. The summed E-state index contributed by atoms with van der Waals surface area (Å²) in [5.74, 6) is -0.460. The minimum absolute atomic E-state index is 0.0568. The predicted molar refractivity (Wildman–Crippen MR) is 90.4 cm³/mol. The van der Waals surface area contributed by atoms with Crippen molar-refractivity contribution < 1.29 is 9.13 Å². The van der Waals surface area contributed by atoms with Gasteiger partial charge in [-0.2, -0.15) is 0 Å². The number of nitrogens with two attached hydrogens (primary N) is 1. The minimum Gasteiger partial charge on any atom is -0.374 e. The van der Waals surface area contributed by atoms with Crippen molar-refractivity contribution in [3.63, 3.8) is 0 Å². The Morgan fingerprint density at radius 1 is 1.28 bits per heavy atom. The zero-order valence-corrected chi connectivity index (χ0v) is 13.6. The first-order chi connectivity index (χ1) is 12.1. The molecule has 1 saturated carbocycles. The van der Waals surface area contributed by atoms with Crippen LogP contribution in [0.1, 0.15) is 30.9 Å². The molecule has 1 aromatic heterocycles. The van der Waals surface area contributed by atoms with Crippen LogP contribution in [0.25, 0.3) is 10.9 Å². The summed E-state index contributed by atoms with van der Waals surface area (Å²) in [5, 5.41) is 0.202. The van der Waals surface area contributed by atoms with Crippen LogP contribution in [-0.4, -0.2) is 34.8 Å². The lowest BCUT2D eigenvalue weighted by molar-refractivity contribution is 0.112. The van der Waals surface area contributed by atoms with Gasteiger partial charge in [0.25, 0.3) is 5.56 Å². The molecule has 1 aromatic carbocycles. The fraction of sp³-hybridized carbons (Fsp3) is 0.529. The summed E-state index contributed by atoms with van der Waals surface area (Å²) >= 11 is 0. The molecule has 0 spiro atoms. The Kier molecular flexibility index (Phi) is 3.11. The number of hydrogen-bond acceptors (Lipinski definition) is 5. The molecular weight excluding hydrogens is 327 g/mol. The second kappa shape index (κ2) is 5.15. The van der Waals surface area contributed by atoms with Crippen molar-refractivity contribution in [3.8, 4) is 0 Å². The summed E-state index contributed by atoms with van der Waals surface area (Å²) in [7, 11) is 0. The Morgan fingerprint density at radius 2 is 2.08 bits per heavy atom. The molecule has 3 N–H and O–H groups in total. The molecule has 5 rings (SSSR count). The highest BCUT2D eigenvalue weighted by Gasteiger charge is 2.38. The Hall–Kier alpha value is -2.19. The van der Waals surface area contributed by atoms with Gasteiger partial charge in [0, 0.05) is 24.2 Å². The van der Waals surface area contributed by atoms with Crippen LogP contribution in [0.4, 0.5) is 10.1 Å². The van der Waals surface area contributed by atoms with E-state index in [1.54, 1.807) is 4.57 Å². The molecule has 25 heavy (non-hydrogen) atoms. The average molecular weight is 346 g/mol. The lowest BCUT2D eigenvalue weighted by atomic mass is 10.1. The van der Waals surface area contributed by atoms with Crippen LogP contribution >= 0.6 is 0 Å². The topological polar surface area (TPSA) is 93.4 Å². The molecule has 0 radical (unpaired) electrons. The fourth-order valence-electron chi connectivity index (χ4n) is 4.24. The van der Waals surface area contributed by atoms with Crippen LogP contribution in [0, 0.1) is 5.82 Å². The predicted octanol–water partition coefficient (Wildman–Crippen LogP) is 0.600. The van der Waals surface area contributed by atoms with E-state index in [-0.39, 0.29) is 30.1 Å². The molecule has 2 aromatic rings. The minimum atomic E-state index is -0.558. The van der Waals surface area contributed by atoms with Gasteiger partial charge >= 0.3 is 5.69 Å². The van der Waals surface area contributed by atoms with Crippen LogP contribution < -0.4 is 21.9 Å². The van der Waals surface area contributed by atoms with E-state index in [9.17, 15) is 14.0 Å². The summed E-state index contributed by atoms with van der Waals surface area (Å²) in [6, 6.07) is 1.14. The van der Waals surface area contributed by atoms with Gasteiger partial charge < -0.3 is 15.4 Å². The molecule has 3 aliphatic rings. The highest BCUT2D eigenvalue weighted by molar-refractivity contribution is 5.87.